The molecule has 8 nitrogen and oxygen atoms in total. The number of aromatic nitrogens is 4. The van der Waals surface area contributed by atoms with Crippen molar-refractivity contribution in [2.45, 2.75) is 0 Å². The lowest BCUT2D eigenvalue weighted by molar-refractivity contribution is 0.112. The molecule has 7 aromatic rings. The highest BCUT2D eigenvalue weighted by Gasteiger charge is 2.17. The Morgan fingerprint density at radius 1 is 0.490 bits per heavy atom. The topological polar surface area (TPSA) is 105 Å². The van der Waals surface area contributed by atoms with Crippen molar-refractivity contribution < 1.29 is 19.0 Å². The van der Waals surface area contributed by atoms with Gasteiger partial charge in [-0.1, -0.05) is 36.4 Å². The molecule has 0 unspecified atom stereocenters. The van der Waals surface area contributed by atoms with E-state index in [4.69, 9.17) is 19.2 Å². The van der Waals surface area contributed by atoms with Crippen LogP contribution in [0.15, 0.2) is 103 Å². The predicted octanol–water partition coefficient (Wildman–Crippen LogP) is 9.54. The highest BCUT2D eigenvalue weighted by molar-refractivity contribution is 6.05. The molecule has 5 heterocycles. The van der Waals surface area contributed by atoms with Gasteiger partial charge in [-0.2, -0.15) is 0 Å². The minimum absolute atomic E-state index is 0.527. The molecule has 0 fully saturated rings. The van der Waals surface area contributed by atoms with E-state index in [1.165, 1.54) is 0 Å². The lowest BCUT2D eigenvalue weighted by atomic mass is 10.0. The maximum Gasteiger partial charge on any atom is 0.152 e. The van der Waals surface area contributed by atoms with Crippen LogP contribution in [0.5, 0.6) is 17.2 Å². The number of aromatic amines is 3. The van der Waals surface area contributed by atoms with Crippen molar-refractivity contribution in [2.24, 2.45) is 0 Å². The van der Waals surface area contributed by atoms with Gasteiger partial charge in [0.25, 0.3) is 0 Å². The molecule has 8 heteroatoms. The van der Waals surface area contributed by atoms with Crippen LogP contribution in [0, 0.1) is 0 Å². The number of aldehydes is 1. The smallest absolute Gasteiger partial charge is 0.152 e. The summed E-state index contributed by atoms with van der Waals surface area (Å²) in [5.74, 6) is 2.28. The molecule has 0 amide bonds. The quantitative estimate of drug-likeness (QED) is 0.150. The van der Waals surface area contributed by atoms with Crippen molar-refractivity contribution in [1.82, 2.24) is 19.9 Å². The lowest BCUT2D eigenvalue weighted by Gasteiger charge is -2.07. The molecule has 3 aromatic carbocycles. The Labute approximate surface area is 282 Å². The normalized spacial score (nSPS) is 11.6. The van der Waals surface area contributed by atoms with Gasteiger partial charge in [0.05, 0.1) is 43.8 Å². The minimum atomic E-state index is 0.527. The van der Waals surface area contributed by atoms with Gasteiger partial charge in [0, 0.05) is 44.3 Å². The molecule has 4 aromatic heterocycles. The standard InChI is InChI=1S/C41H32N4O4/c1-47-28-10-4-24(5-11-28)38-32-17-16-31(42-32)37-22-27(23-46)41(45-37)40(26-8-14-30(49-3)15-9-26)36-21-20-35(44-36)39(34-19-18-33(38)43-34)25-6-12-29(48-2)13-7-25/h4-23,43-45H,1-3H3. The number of hydrogen-bond acceptors (Lipinski definition) is 5. The summed E-state index contributed by atoms with van der Waals surface area (Å²) in [6.45, 7) is 0. The number of carbonyl (C=O) groups is 1. The van der Waals surface area contributed by atoms with Gasteiger partial charge in [0.15, 0.2) is 6.29 Å². The van der Waals surface area contributed by atoms with E-state index in [1.54, 1.807) is 21.3 Å². The highest BCUT2D eigenvalue weighted by atomic mass is 16.5. The van der Waals surface area contributed by atoms with E-state index in [2.05, 4.69) is 51.4 Å². The fourth-order valence-corrected chi connectivity index (χ4v) is 6.54. The number of benzene rings is 3. The van der Waals surface area contributed by atoms with Crippen molar-refractivity contribution >= 4 is 51.5 Å². The van der Waals surface area contributed by atoms with Crippen molar-refractivity contribution in [3.63, 3.8) is 0 Å². The largest absolute Gasteiger partial charge is 0.497 e. The van der Waals surface area contributed by atoms with E-state index in [0.717, 1.165) is 95.9 Å². The zero-order valence-corrected chi connectivity index (χ0v) is 27.1. The first-order valence-electron chi connectivity index (χ1n) is 15.8. The number of hydrogen-bond donors (Lipinski definition) is 3. The Hall–Kier alpha value is -6.54. The van der Waals surface area contributed by atoms with Crippen LogP contribution in [-0.2, 0) is 0 Å². The first kappa shape index (κ1) is 29.8. The molecule has 0 atom stereocenters. The fraction of sp³-hybridized carbons (Fsp3) is 0.0732. The van der Waals surface area contributed by atoms with E-state index in [0.29, 0.717) is 11.1 Å². The van der Waals surface area contributed by atoms with Gasteiger partial charge in [-0.25, -0.2) is 4.98 Å². The highest BCUT2D eigenvalue weighted by Crippen LogP contribution is 2.37. The van der Waals surface area contributed by atoms with Crippen molar-refractivity contribution in [3.05, 3.63) is 120 Å². The van der Waals surface area contributed by atoms with Gasteiger partial charge in [0.2, 0.25) is 0 Å². The molecule has 8 rings (SSSR count). The van der Waals surface area contributed by atoms with E-state index >= 15 is 0 Å². The molecular weight excluding hydrogens is 612 g/mol. The Morgan fingerprint density at radius 3 is 1.41 bits per heavy atom. The number of ether oxygens (including phenoxy) is 3. The van der Waals surface area contributed by atoms with Gasteiger partial charge in [-0.15, -0.1) is 0 Å². The third-order valence-electron chi connectivity index (χ3n) is 8.98. The molecule has 8 bridgehead atoms. The monoisotopic (exact) mass is 644 g/mol. The van der Waals surface area contributed by atoms with Crippen LogP contribution in [0.4, 0.5) is 0 Å². The van der Waals surface area contributed by atoms with Crippen LogP contribution in [0.3, 0.4) is 0 Å². The fourth-order valence-electron chi connectivity index (χ4n) is 6.54. The molecule has 49 heavy (non-hydrogen) atoms. The number of methoxy groups -OCH3 is 3. The van der Waals surface area contributed by atoms with Crippen LogP contribution in [0.2, 0.25) is 0 Å². The number of fused-ring (bicyclic) bond motifs is 9. The number of nitrogens with zero attached hydrogens (tertiary/aromatic N) is 1. The molecule has 240 valence electrons. The van der Waals surface area contributed by atoms with Gasteiger partial charge in [-0.3, -0.25) is 4.79 Å². The zero-order chi connectivity index (χ0) is 33.5. The Balaban J connectivity index is 1.54. The summed E-state index contributed by atoms with van der Waals surface area (Å²) in [5.41, 5.74) is 12.7. The molecule has 3 N–H and O–H groups in total. The molecule has 1 aliphatic rings. The van der Waals surface area contributed by atoms with Crippen LogP contribution < -0.4 is 14.2 Å². The third kappa shape index (κ3) is 5.29. The summed E-state index contributed by atoms with van der Waals surface area (Å²) in [5, 5.41) is 0. The van der Waals surface area contributed by atoms with Crippen molar-refractivity contribution in [1.29, 1.82) is 0 Å². The SMILES string of the molecule is COc1ccc(-c2c3nc(c4cc(C=O)c([nH]4)c(-c4ccc(OC)cc4)c4ccc([nH]4)c(-c4ccc(OC)cc4)c4ccc2[nH]4)C=C3)cc1. The van der Waals surface area contributed by atoms with Crippen LogP contribution in [0.25, 0.3) is 78.6 Å². The summed E-state index contributed by atoms with van der Waals surface area (Å²) in [7, 11) is 4.97. The van der Waals surface area contributed by atoms with Gasteiger partial charge >= 0.3 is 0 Å². The summed E-state index contributed by atoms with van der Waals surface area (Å²) < 4.78 is 16.4. The second-order valence-electron chi connectivity index (χ2n) is 11.7. The molecule has 0 aliphatic carbocycles. The molecular formula is C41H32N4O4. The number of nitrogens with one attached hydrogen (secondary N) is 3. The van der Waals surface area contributed by atoms with Crippen molar-refractivity contribution in [3.8, 4) is 50.6 Å². The van der Waals surface area contributed by atoms with E-state index < -0.39 is 0 Å². The average molecular weight is 645 g/mol. The summed E-state index contributed by atoms with van der Waals surface area (Å²) in [4.78, 5) is 28.8. The minimum Gasteiger partial charge on any atom is -0.497 e. The van der Waals surface area contributed by atoms with Crippen LogP contribution in [0.1, 0.15) is 21.7 Å². The number of rotatable bonds is 7. The molecule has 0 saturated heterocycles. The summed E-state index contributed by atoms with van der Waals surface area (Å²) in [6, 6.07) is 34.0. The molecule has 0 radical (unpaired) electrons. The van der Waals surface area contributed by atoms with Gasteiger partial charge in [0.1, 0.15) is 17.2 Å². The first-order valence-corrected chi connectivity index (χ1v) is 15.8. The summed E-state index contributed by atoms with van der Waals surface area (Å²) in [6.07, 6.45) is 4.88. The first-order chi connectivity index (χ1) is 24.1. The zero-order valence-electron chi connectivity index (χ0n) is 27.1. The molecule has 1 aliphatic heterocycles. The number of carbonyl (C=O) groups excluding carboxylic acids is 1. The summed E-state index contributed by atoms with van der Waals surface area (Å²) >= 11 is 0. The number of H-pyrrole nitrogens is 3. The Morgan fingerprint density at radius 2 is 0.918 bits per heavy atom. The van der Waals surface area contributed by atoms with Crippen LogP contribution in [-0.4, -0.2) is 47.6 Å². The van der Waals surface area contributed by atoms with Gasteiger partial charge in [-0.05, 0) is 95.6 Å². The van der Waals surface area contributed by atoms with Crippen molar-refractivity contribution in [2.75, 3.05) is 21.3 Å². The van der Waals surface area contributed by atoms with E-state index in [9.17, 15) is 4.79 Å². The maximum atomic E-state index is 12.7. The van der Waals surface area contributed by atoms with E-state index in [1.807, 2.05) is 78.9 Å². The van der Waals surface area contributed by atoms with Crippen LogP contribution >= 0.6 is 0 Å². The second-order valence-corrected chi connectivity index (χ2v) is 11.7. The molecule has 0 spiro atoms. The van der Waals surface area contributed by atoms with E-state index in [-0.39, 0.29) is 0 Å². The van der Waals surface area contributed by atoms with Gasteiger partial charge < -0.3 is 29.2 Å². The average Bonchev–Trinajstić information content (AvgIpc) is 3.98. The maximum absolute atomic E-state index is 12.7. The Bertz CT molecular complexity index is 2500. The molecule has 0 saturated carbocycles. The third-order valence-corrected chi connectivity index (χ3v) is 8.98. The Kier molecular flexibility index (Phi) is 7.45. The lowest BCUT2D eigenvalue weighted by Crippen LogP contribution is -1.87. The predicted molar refractivity (Wildman–Crippen MR) is 197 cm³/mol. The second kappa shape index (κ2) is 12.2.